The molecular weight excluding hydrogens is 254 g/mol. The average molecular weight is 269 g/mol. The molecule has 1 saturated heterocycles. The van der Waals surface area contributed by atoms with Crippen molar-refractivity contribution in [3.63, 3.8) is 0 Å². The third-order valence-corrected chi connectivity index (χ3v) is 3.18. The maximum atomic E-state index is 8.82. The average Bonchev–Trinajstić information content (AvgIpc) is 3.12. The van der Waals surface area contributed by atoms with Crippen LogP contribution in [0.1, 0.15) is 18.5 Å². The van der Waals surface area contributed by atoms with Crippen molar-refractivity contribution in [3.05, 3.63) is 36.3 Å². The minimum atomic E-state index is 0.266. The van der Waals surface area contributed by atoms with Crippen molar-refractivity contribution in [3.8, 4) is 6.07 Å². The highest BCUT2D eigenvalue weighted by molar-refractivity contribution is 5.54. The van der Waals surface area contributed by atoms with Crippen LogP contribution in [0.25, 0.3) is 0 Å². The van der Waals surface area contributed by atoms with Gasteiger partial charge in [-0.15, -0.1) is 0 Å². The van der Waals surface area contributed by atoms with Gasteiger partial charge in [0.2, 0.25) is 0 Å². The van der Waals surface area contributed by atoms with Gasteiger partial charge in [-0.05, 0) is 25.0 Å². The summed E-state index contributed by atoms with van der Waals surface area (Å²) >= 11 is 0. The lowest BCUT2D eigenvalue weighted by molar-refractivity contribution is 0.0940. The summed E-state index contributed by atoms with van der Waals surface area (Å²) in [5.74, 6) is 0.640. The molecule has 102 valence electrons. The first kappa shape index (κ1) is 12.6. The molecule has 0 saturated carbocycles. The van der Waals surface area contributed by atoms with Gasteiger partial charge in [-0.2, -0.15) is 10.4 Å². The van der Waals surface area contributed by atoms with E-state index in [9.17, 15) is 0 Å². The highest BCUT2D eigenvalue weighted by Crippen LogP contribution is 2.17. The Bertz CT molecular complexity index is 624. The highest BCUT2D eigenvalue weighted by Gasteiger charge is 2.16. The summed E-state index contributed by atoms with van der Waals surface area (Å²) < 4.78 is 7.45. The van der Waals surface area contributed by atoms with E-state index in [1.165, 1.54) is 0 Å². The van der Waals surface area contributed by atoms with E-state index in [1.54, 1.807) is 18.3 Å². The van der Waals surface area contributed by atoms with Crippen molar-refractivity contribution in [2.75, 3.05) is 11.9 Å². The third-order valence-electron chi connectivity index (χ3n) is 3.18. The van der Waals surface area contributed by atoms with Crippen LogP contribution in [0.5, 0.6) is 0 Å². The zero-order valence-electron chi connectivity index (χ0n) is 11.0. The summed E-state index contributed by atoms with van der Waals surface area (Å²) in [6.45, 7) is 1.62. The Hall–Kier alpha value is -2.39. The molecule has 1 aliphatic heterocycles. The molecule has 6 nitrogen and oxygen atoms in total. The number of hydrogen-bond donors (Lipinski definition) is 1. The molecule has 0 radical (unpaired) electrons. The Labute approximate surface area is 117 Å². The van der Waals surface area contributed by atoms with Gasteiger partial charge in [0.1, 0.15) is 17.6 Å². The molecule has 2 aromatic rings. The van der Waals surface area contributed by atoms with Gasteiger partial charge < -0.3 is 10.1 Å². The number of pyridine rings is 1. The second kappa shape index (κ2) is 5.72. The Morgan fingerprint density at radius 2 is 2.45 bits per heavy atom. The lowest BCUT2D eigenvalue weighted by atomic mass is 10.2. The summed E-state index contributed by atoms with van der Waals surface area (Å²) in [6, 6.07) is 7.30. The Morgan fingerprint density at radius 1 is 1.50 bits per heavy atom. The third kappa shape index (κ3) is 2.95. The van der Waals surface area contributed by atoms with Gasteiger partial charge >= 0.3 is 0 Å². The second-order valence-electron chi connectivity index (χ2n) is 4.73. The van der Waals surface area contributed by atoms with E-state index in [-0.39, 0.29) is 6.10 Å². The molecule has 20 heavy (non-hydrogen) atoms. The number of ether oxygens (including phenoxy) is 1. The van der Waals surface area contributed by atoms with E-state index in [0.29, 0.717) is 11.5 Å². The number of rotatable bonds is 4. The number of hydrogen-bond acceptors (Lipinski definition) is 5. The highest BCUT2D eigenvalue weighted by atomic mass is 16.5. The largest absolute Gasteiger partial charge is 0.376 e. The van der Waals surface area contributed by atoms with E-state index in [2.05, 4.69) is 15.4 Å². The van der Waals surface area contributed by atoms with Crippen LogP contribution in [0.4, 0.5) is 11.5 Å². The van der Waals surface area contributed by atoms with Crippen molar-refractivity contribution >= 4 is 11.5 Å². The minimum Gasteiger partial charge on any atom is -0.376 e. The Balaban J connectivity index is 1.65. The van der Waals surface area contributed by atoms with E-state index >= 15 is 0 Å². The van der Waals surface area contributed by atoms with E-state index < -0.39 is 0 Å². The molecular formula is C14H15N5O. The van der Waals surface area contributed by atoms with Gasteiger partial charge in [0.05, 0.1) is 24.5 Å². The predicted molar refractivity (Wildman–Crippen MR) is 73.4 cm³/mol. The van der Waals surface area contributed by atoms with Gasteiger partial charge in [-0.3, -0.25) is 4.68 Å². The van der Waals surface area contributed by atoms with Crippen LogP contribution in [0.15, 0.2) is 30.6 Å². The smallest absolute Gasteiger partial charge is 0.142 e. The molecule has 0 spiro atoms. The normalized spacial score (nSPS) is 17.9. The minimum absolute atomic E-state index is 0.266. The number of nitrogens with one attached hydrogen (secondary N) is 1. The van der Waals surface area contributed by atoms with Crippen molar-refractivity contribution in [2.24, 2.45) is 0 Å². The predicted octanol–water partition coefficient (Wildman–Crippen LogP) is 2.07. The fourth-order valence-electron chi connectivity index (χ4n) is 2.24. The first-order valence-electron chi connectivity index (χ1n) is 6.62. The van der Waals surface area contributed by atoms with Gasteiger partial charge in [-0.25, -0.2) is 4.98 Å². The van der Waals surface area contributed by atoms with Crippen LogP contribution < -0.4 is 5.32 Å². The van der Waals surface area contributed by atoms with Gasteiger partial charge in [-0.1, -0.05) is 6.07 Å². The quantitative estimate of drug-likeness (QED) is 0.919. The van der Waals surface area contributed by atoms with Crippen molar-refractivity contribution in [1.29, 1.82) is 5.26 Å². The molecule has 3 heterocycles. The van der Waals surface area contributed by atoms with Gasteiger partial charge in [0.25, 0.3) is 0 Å². The summed E-state index contributed by atoms with van der Waals surface area (Å²) in [6.07, 6.45) is 6.15. The molecule has 1 unspecified atom stereocenters. The van der Waals surface area contributed by atoms with Crippen LogP contribution >= 0.6 is 0 Å². The summed E-state index contributed by atoms with van der Waals surface area (Å²) in [7, 11) is 0. The maximum Gasteiger partial charge on any atom is 0.142 e. The van der Waals surface area contributed by atoms with Gasteiger partial charge in [0, 0.05) is 12.8 Å². The summed E-state index contributed by atoms with van der Waals surface area (Å²) in [4.78, 5) is 4.17. The van der Waals surface area contributed by atoms with Crippen molar-refractivity contribution in [2.45, 2.75) is 25.5 Å². The number of nitrogens with zero attached hydrogens (tertiary/aromatic N) is 4. The monoisotopic (exact) mass is 269 g/mol. The summed E-state index contributed by atoms with van der Waals surface area (Å²) in [5.41, 5.74) is 1.24. The van der Waals surface area contributed by atoms with E-state index in [0.717, 1.165) is 31.7 Å². The molecule has 1 N–H and O–H groups in total. The lowest BCUT2D eigenvalue weighted by Gasteiger charge is -2.08. The van der Waals surface area contributed by atoms with Crippen LogP contribution in [-0.2, 0) is 11.3 Å². The lowest BCUT2D eigenvalue weighted by Crippen LogP contribution is -2.15. The van der Waals surface area contributed by atoms with Crippen LogP contribution in [0, 0.1) is 11.3 Å². The fourth-order valence-corrected chi connectivity index (χ4v) is 2.24. The molecule has 1 fully saturated rings. The van der Waals surface area contributed by atoms with Crippen LogP contribution in [0.2, 0.25) is 0 Å². The molecule has 0 aromatic carbocycles. The SMILES string of the molecule is N#Cc1cccc(Nc2cnn(CC3CCCO3)c2)n1. The molecule has 1 atom stereocenters. The topological polar surface area (TPSA) is 75.8 Å². The Kier molecular flexibility index (Phi) is 3.61. The second-order valence-corrected chi connectivity index (χ2v) is 4.73. The first-order valence-corrected chi connectivity index (χ1v) is 6.62. The van der Waals surface area contributed by atoms with Gasteiger partial charge in [0.15, 0.2) is 0 Å². The molecule has 1 aliphatic rings. The first-order chi connectivity index (χ1) is 9.83. The van der Waals surface area contributed by atoms with Crippen LogP contribution in [0.3, 0.4) is 0 Å². The van der Waals surface area contributed by atoms with Crippen LogP contribution in [-0.4, -0.2) is 27.5 Å². The standard InChI is InChI=1S/C14H15N5O/c15-7-11-3-1-5-14(17-11)18-12-8-16-19(9-12)10-13-4-2-6-20-13/h1,3,5,8-9,13H,2,4,6,10H2,(H,17,18). The van der Waals surface area contributed by atoms with Crippen molar-refractivity contribution in [1.82, 2.24) is 14.8 Å². The van der Waals surface area contributed by atoms with Crippen molar-refractivity contribution < 1.29 is 4.74 Å². The zero-order valence-corrected chi connectivity index (χ0v) is 11.0. The molecule has 6 heteroatoms. The Morgan fingerprint density at radius 3 is 3.25 bits per heavy atom. The molecule has 0 bridgehead atoms. The molecule has 2 aromatic heterocycles. The maximum absolute atomic E-state index is 8.82. The number of nitriles is 1. The molecule has 0 aliphatic carbocycles. The fraction of sp³-hybridized carbons (Fsp3) is 0.357. The number of aromatic nitrogens is 3. The van der Waals surface area contributed by atoms with E-state index in [1.807, 2.05) is 23.0 Å². The molecule has 0 amide bonds. The van der Waals surface area contributed by atoms with E-state index in [4.69, 9.17) is 10.00 Å². The zero-order chi connectivity index (χ0) is 13.8. The molecule has 3 rings (SSSR count). The number of anilines is 2. The summed E-state index contributed by atoms with van der Waals surface area (Å²) in [5, 5.41) is 16.3.